The molecular weight excluding hydrogens is 458 g/mol. The number of ether oxygens (including phenoxy) is 2. The molecule has 0 aliphatic heterocycles. The number of aryl methyl sites for hydroxylation is 2. The van der Waals surface area contributed by atoms with Crippen LogP contribution in [0.25, 0.3) is 22.4 Å². The predicted molar refractivity (Wildman–Crippen MR) is 127 cm³/mol. The summed E-state index contributed by atoms with van der Waals surface area (Å²) in [5.74, 6) is -1.58. The molecule has 0 radical (unpaired) electrons. The van der Waals surface area contributed by atoms with Gasteiger partial charge in [0.25, 0.3) is 0 Å². The normalized spacial score (nSPS) is 12.2. The van der Waals surface area contributed by atoms with Crippen LogP contribution in [0.2, 0.25) is 0 Å². The molecule has 0 bridgehead atoms. The highest BCUT2D eigenvalue weighted by Gasteiger charge is 2.27. The van der Waals surface area contributed by atoms with E-state index in [2.05, 4.69) is 20.1 Å². The minimum absolute atomic E-state index is 0.0388. The van der Waals surface area contributed by atoms with E-state index in [0.29, 0.717) is 17.6 Å². The summed E-state index contributed by atoms with van der Waals surface area (Å²) in [5, 5.41) is 14.6. The van der Waals surface area contributed by atoms with E-state index in [1.807, 2.05) is 0 Å². The number of aliphatic hydroxyl groups excluding tert-OH is 1. The molecule has 0 aliphatic rings. The largest absolute Gasteiger partial charge is 0.494 e. The molecule has 0 saturated heterocycles. The number of fused-ring (bicyclic) bond motifs is 1. The molecule has 0 spiro atoms. The van der Waals surface area contributed by atoms with Crippen LogP contribution in [0.3, 0.4) is 0 Å². The molecule has 3 heterocycles. The summed E-state index contributed by atoms with van der Waals surface area (Å²) in [6.07, 6.45) is 4.31. The Morgan fingerprint density at radius 2 is 1.94 bits per heavy atom. The van der Waals surface area contributed by atoms with Gasteiger partial charge in [-0.25, -0.2) is 18.7 Å². The van der Waals surface area contributed by atoms with Crippen LogP contribution >= 0.6 is 0 Å². The maximum absolute atomic E-state index is 15.5. The van der Waals surface area contributed by atoms with Crippen molar-refractivity contribution in [3.8, 4) is 17.0 Å². The Balaban J connectivity index is 1.88. The third kappa shape index (κ3) is 4.91. The Bertz CT molecular complexity index is 1320. The van der Waals surface area contributed by atoms with Crippen molar-refractivity contribution >= 4 is 22.7 Å². The molecule has 3 aromatic heterocycles. The van der Waals surface area contributed by atoms with E-state index >= 15 is 8.78 Å². The van der Waals surface area contributed by atoms with Gasteiger partial charge in [0.1, 0.15) is 17.0 Å². The molecule has 1 unspecified atom stereocenters. The van der Waals surface area contributed by atoms with Gasteiger partial charge in [-0.3, -0.25) is 9.67 Å². The van der Waals surface area contributed by atoms with Gasteiger partial charge in [-0.2, -0.15) is 5.10 Å². The van der Waals surface area contributed by atoms with Crippen molar-refractivity contribution in [3.05, 3.63) is 54.0 Å². The third-order valence-electron chi connectivity index (χ3n) is 5.51. The van der Waals surface area contributed by atoms with Crippen molar-refractivity contribution in [2.45, 2.75) is 19.4 Å². The van der Waals surface area contributed by atoms with Crippen LogP contribution < -0.4 is 9.64 Å². The van der Waals surface area contributed by atoms with Gasteiger partial charge in [-0.1, -0.05) is 6.92 Å². The van der Waals surface area contributed by atoms with Crippen LogP contribution in [0.15, 0.2) is 36.8 Å². The molecule has 4 aromatic rings. The number of aliphatic hydroxyl groups is 1. The molecule has 4 rings (SSSR count). The quantitative estimate of drug-likeness (QED) is 0.386. The minimum atomic E-state index is -1.06. The van der Waals surface area contributed by atoms with Gasteiger partial charge < -0.3 is 19.5 Å². The fourth-order valence-corrected chi connectivity index (χ4v) is 3.78. The van der Waals surface area contributed by atoms with E-state index in [4.69, 9.17) is 9.47 Å². The first-order chi connectivity index (χ1) is 16.9. The molecule has 1 N–H and O–H groups in total. The van der Waals surface area contributed by atoms with Crippen LogP contribution in [-0.4, -0.2) is 63.3 Å². The van der Waals surface area contributed by atoms with E-state index in [-0.39, 0.29) is 41.6 Å². The number of rotatable bonds is 9. The highest BCUT2D eigenvalue weighted by atomic mass is 19.1. The topological polar surface area (TPSA) is 98.4 Å². The fourth-order valence-electron chi connectivity index (χ4n) is 3.78. The minimum Gasteiger partial charge on any atom is -0.494 e. The zero-order chi connectivity index (χ0) is 25.1. The lowest BCUT2D eigenvalue weighted by Gasteiger charge is -2.28. The second kappa shape index (κ2) is 10.3. The summed E-state index contributed by atoms with van der Waals surface area (Å²) in [7, 11) is 4.53. The summed E-state index contributed by atoms with van der Waals surface area (Å²) in [4.78, 5) is 14.8. The summed E-state index contributed by atoms with van der Waals surface area (Å²) in [6, 6.07) is 4.56. The number of hydrogen-bond acceptors (Lipinski definition) is 8. The molecule has 9 nitrogen and oxygen atoms in total. The van der Waals surface area contributed by atoms with Gasteiger partial charge >= 0.3 is 0 Å². The molecular formula is C24H26F2N6O3. The van der Waals surface area contributed by atoms with Gasteiger partial charge in [0.05, 0.1) is 44.5 Å². The van der Waals surface area contributed by atoms with Gasteiger partial charge in [0.2, 0.25) is 0 Å². The first-order valence-corrected chi connectivity index (χ1v) is 11.0. The predicted octanol–water partition coefficient (Wildman–Crippen LogP) is 3.42. The summed E-state index contributed by atoms with van der Waals surface area (Å²) in [5.41, 5.74) is 1.96. The average molecular weight is 485 g/mol. The smallest absolute Gasteiger partial charge is 0.191 e. The molecule has 1 atom stereocenters. The number of aromatic nitrogens is 5. The van der Waals surface area contributed by atoms with Gasteiger partial charge in [0, 0.05) is 25.9 Å². The van der Waals surface area contributed by atoms with Crippen LogP contribution in [-0.2, 0) is 18.2 Å². The maximum atomic E-state index is 15.5. The Labute approximate surface area is 201 Å². The van der Waals surface area contributed by atoms with E-state index in [0.717, 1.165) is 5.56 Å². The molecule has 184 valence electrons. The molecule has 11 heteroatoms. The SMILES string of the molecule is CCc1cc(OC)c(F)c(N(CC(O)COC)c2ccc3ncc(-c4cnn(C)c4)nc3n2)c1F. The molecule has 0 amide bonds. The van der Waals surface area contributed by atoms with Crippen LogP contribution in [0.5, 0.6) is 5.75 Å². The second-order valence-electron chi connectivity index (χ2n) is 7.96. The average Bonchev–Trinajstić information content (AvgIpc) is 3.29. The molecule has 35 heavy (non-hydrogen) atoms. The van der Waals surface area contributed by atoms with Crippen LogP contribution in [0, 0.1) is 11.6 Å². The maximum Gasteiger partial charge on any atom is 0.191 e. The lowest BCUT2D eigenvalue weighted by atomic mass is 10.1. The van der Waals surface area contributed by atoms with Crippen molar-refractivity contribution in [3.63, 3.8) is 0 Å². The second-order valence-corrected chi connectivity index (χ2v) is 7.96. The summed E-state index contributed by atoms with van der Waals surface area (Å²) < 4.78 is 42.8. The van der Waals surface area contributed by atoms with Crippen LogP contribution in [0.4, 0.5) is 20.3 Å². The number of halogens is 2. The number of nitrogens with zero attached hydrogens (tertiary/aromatic N) is 6. The Hall–Kier alpha value is -3.70. The van der Waals surface area contributed by atoms with E-state index < -0.39 is 17.7 Å². The van der Waals surface area contributed by atoms with Gasteiger partial charge in [-0.15, -0.1) is 0 Å². The number of hydrogen-bond donors (Lipinski definition) is 1. The third-order valence-corrected chi connectivity index (χ3v) is 5.51. The zero-order valence-corrected chi connectivity index (χ0v) is 19.9. The molecule has 0 aliphatic carbocycles. The number of methoxy groups -OCH3 is 2. The van der Waals surface area contributed by atoms with E-state index in [1.54, 1.807) is 49.4 Å². The summed E-state index contributed by atoms with van der Waals surface area (Å²) >= 11 is 0. The standard InChI is InChI=1S/C24H26F2N6O3/c1-5-14-8-19(35-4)22(26)23(21(14)25)32(12-16(33)13-34-3)20-7-6-17-24(30-20)29-18(10-27-17)15-9-28-31(2)11-15/h6-11,16,33H,5,12-13H2,1-4H3. The fraction of sp³-hybridized carbons (Fsp3) is 0.333. The molecule has 0 saturated carbocycles. The van der Waals surface area contributed by atoms with Crippen LogP contribution in [0.1, 0.15) is 12.5 Å². The zero-order valence-electron chi connectivity index (χ0n) is 19.9. The first-order valence-electron chi connectivity index (χ1n) is 11.0. The van der Waals surface area contributed by atoms with E-state index in [9.17, 15) is 5.11 Å². The Kier molecular flexibility index (Phi) is 7.17. The van der Waals surface area contributed by atoms with Gasteiger partial charge in [0.15, 0.2) is 23.0 Å². The van der Waals surface area contributed by atoms with Crippen molar-refractivity contribution in [2.24, 2.45) is 7.05 Å². The van der Waals surface area contributed by atoms with Crippen molar-refractivity contribution < 1.29 is 23.4 Å². The Morgan fingerprint density at radius 3 is 2.60 bits per heavy atom. The molecule has 1 aromatic carbocycles. The van der Waals surface area contributed by atoms with Crippen molar-refractivity contribution in [2.75, 3.05) is 32.3 Å². The first kappa shape index (κ1) is 24.4. The lowest BCUT2D eigenvalue weighted by Crippen LogP contribution is -2.33. The number of benzene rings is 1. The highest BCUT2D eigenvalue weighted by Crippen LogP contribution is 2.37. The number of anilines is 2. The van der Waals surface area contributed by atoms with Gasteiger partial charge in [-0.05, 0) is 30.2 Å². The number of pyridine rings is 1. The Morgan fingerprint density at radius 1 is 1.14 bits per heavy atom. The lowest BCUT2D eigenvalue weighted by molar-refractivity contribution is 0.0699. The van der Waals surface area contributed by atoms with Crippen molar-refractivity contribution in [1.29, 1.82) is 0 Å². The van der Waals surface area contributed by atoms with Crippen molar-refractivity contribution in [1.82, 2.24) is 24.7 Å². The summed E-state index contributed by atoms with van der Waals surface area (Å²) in [6.45, 7) is 1.53. The van der Waals surface area contributed by atoms with E-state index in [1.165, 1.54) is 25.2 Å². The monoisotopic (exact) mass is 484 g/mol. The highest BCUT2D eigenvalue weighted by molar-refractivity contribution is 5.77. The molecule has 0 fully saturated rings.